The number of fused-ring (bicyclic) bond motifs is 6. The lowest BCUT2D eigenvalue weighted by Crippen LogP contribution is -2.69. The van der Waals surface area contributed by atoms with E-state index in [1.54, 1.807) is 6.08 Å². The second-order valence-corrected chi connectivity index (χ2v) is 15.4. The molecule has 9 nitrogen and oxygen atoms in total. The highest BCUT2D eigenvalue weighted by Gasteiger charge is 2.71. The van der Waals surface area contributed by atoms with E-state index in [0.29, 0.717) is 51.6 Å². The minimum Gasteiger partial charge on any atom is -0.458 e. The van der Waals surface area contributed by atoms with Crippen LogP contribution in [0.3, 0.4) is 0 Å². The van der Waals surface area contributed by atoms with E-state index in [-0.39, 0.29) is 60.2 Å². The van der Waals surface area contributed by atoms with Crippen molar-refractivity contribution in [3.8, 4) is 0 Å². The van der Waals surface area contributed by atoms with Crippen molar-refractivity contribution >= 4 is 5.97 Å². The Balaban J connectivity index is 0.962. The number of aliphatic hydroxyl groups excluding tert-OH is 1. The summed E-state index contributed by atoms with van der Waals surface area (Å²) < 4.78 is 30.7. The summed E-state index contributed by atoms with van der Waals surface area (Å²) in [5, 5.41) is 36.0. The van der Waals surface area contributed by atoms with Crippen molar-refractivity contribution in [3.05, 3.63) is 47.5 Å². The summed E-state index contributed by atoms with van der Waals surface area (Å²) in [5.41, 5.74) is -1.05. The largest absolute Gasteiger partial charge is 0.458 e. The molecule has 0 spiro atoms. The van der Waals surface area contributed by atoms with E-state index in [2.05, 4.69) is 6.92 Å². The predicted molar refractivity (Wildman–Crippen MR) is 161 cm³/mol. The molecule has 0 aromatic heterocycles. The van der Waals surface area contributed by atoms with Crippen molar-refractivity contribution in [2.24, 2.45) is 28.6 Å². The van der Waals surface area contributed by atoms with Crippen molar-refractivity contribution in [1.82, 2.24) is 0 Å². The van der Waals surface area contributed by atoms with E-state index in [4.69, 9.17) is 23.7 Å². The van der Waals surface area contributed by atoms with Crippen LogP contribution < -0.4 is 0 Å². The summed E-state index contributed by atoms with van der Waals surface area (Å²) in [6.45, 7) is 4.41. The molecule has 4 saturated carbocycles. The Bertz CT molecular complexity index is 1330. The normalized spacial score (nSPS) is 50.6. The Morgan fingerprint density at radius 2 is 1.76 bits per heavy atom. The van der Waals surface area contributed by atoms with Crippen molar-refractivity contribution in [3.63, 3.8) is 0 Å². The molecule has 0 bridgehead atoms. The van der Waals surface area contributed by atoms with E-state index in [1.807, 2.05) is 37.3 Å². The van der Waals surface area contributed by atoms with Gasteiger partial charge in [0.15, 0.2) is 12.6 Å². The number of ether oxygens (including phenoxy) is 5. The molecule has 0 amide bonds. The van der Waals surface area contributed by atoms with Crippen LogP contribution in [0.1, 0.15) is 89.9 Å². The van der Waals surface area contributed by atoms with Gasteiger partial charge in [-0.15, -0.1) is 0 Å². The van der Waals surface area contributed by atoms with Gasteiger partial charge in [-0.2, -0.15) is 0 Å². The van der Waals surface area contributed by atoms with Gasteiger partial charge in [0.25, 0.3) is 0 Å². The maximum atomic E-state index is 12.5. The Kier molecular flexibility index (Phi) is 7.34. The number of cyclic esters (lactones) is 1. The average molecular weight is 625 g/mol. The van der Waals surface area contributed by atoms with E-state index >= 15 is 0 Å². The number of benzene rings is 1. The molecule has 2 saturated heterocycles. The van der Waals surface area contributed by atoms with E-state index in [9.17, 15) is 20.1 Å². The number of hydrogen-bond donors (Lipinski definition) is 3. The van der Waals surface area contributed by atoms with E-state index in [0.717, 1.165) is 30.4 Å². The third-order valence-corrected chi connectivity index (χ3v) is 13.7. The minimum absolute atomic E-state index is 0.0127. The average Bonchev–Trinajstić information content (AvgIpc) is 3.72. The molecule has 1 aromatic rings. The van der Waals surface area contributed by atoms with Gasteiger partial charge in [-0.1, -0.05) is 37.3 Å². The monoisotopic (exact) mass is 624 g/mol. The molecule has 6 fully saturated rings. The van der Waals surface area contributed by atoms with Crippen LogP contribution in [0.2, 0.25) is 0 Å². The maximum Gasteiger partial charge on any atom is 0.331 e. The van der Waals surface area contributed by atoms with E-state index in [1.165, 1.54) is 0 Å². The standard InChI is InChI=1S/C36H48O9/c1-21-31-28(44-32(45-31)22-6-4-3-5-7-22)17-30(42-21)43-24-8-13-34(20-37)26-9-12-33(2)25(23-16-29(38)41-19-23)11-15-36(33,40)27(26)10-14-35(34,39)18-24/h3-7,16,21,24-28,30-32,37,39-40H,8-15,17-20H2,1-2H3. The molecule has 3 heterocycles. The number of carbonyl (C=O) groups is 1. The number of esters is 1. The molecule has 0 radical (unpaired) electrons. The summed E-state index contributed by atoms with van der Waals surface area (Å²) in [6, 6.07) is 9.95. The first-order valence-corrected chi connectivity index (χ1v) is 17.2. The number of hydrogen-bond acceptors (Lipinski definition) is 9. The highest BCUT2D eigenvalue weighted by atomic mass is 16.8. The smallest absolute Gasteiger partial charge is 0.331 e. The molecule has 7 aliphatic rings. The molecule has 13 atom stereocenters. The minimum atomic E-state index is -1.09. The Hall–Kier alpha value is -1.85. The number of aliphatic hydroxyl groups is 3. The van der Waals surface area contributed by atoms with Crippen LogP contribution in [-0.4, -0.2) is 76.4 Å². The van der Waals surface area contributed by atoms with Crippen LogP contribution in [0.25, 0.3) is 0 Å². The lowest BCUT2D eigenvalue weighted by molar-refractivity contribution is -0.292. The van der Waals surface area contributed by atoms with Crippen LogP contribution in [0.15, 0.2) is 42.0 Å². The van der Waals surface area contributed by atoms with Crippen molar-refractivity contribution < 1.29 is 43.8 Å². The first-order valence-electron chi connectivity index (χ1n) is 17.2. The van der Waals surface area contributed by atoms with Crippen LogP contribution in [-0.2, 0) is 28.5 Å². The summed E-state index contributed by atoms with van der Waals surface area (Å²) in [7, 11) is 0. The van der Waals surface area contributed by atoms with Crippen LogP contribution in [0.5, 0.6) is 0 Å². The van der Waals surface area contributed by atoms with Crippen LogP contribution in [0, 0.1) is 28.6 Å². The molecule has 246 valence electrons. The third-order valence-electron chi connectivity index (χ3n) is 13.7. The van der Waals surface area contributed by atoms with Gasteiger partial charge in [-0.3, -0.25) is 0 Å². The molecule has 9 heteroatoms. The molecule has 3 aliphatic heterocycles. The first-order chi connectivity index (χ1) is 21.6. The van der Waals surface area contributed by atoms with Gasteiger partial charge in [0.1, 0.15) is 12.7 Å². The predicted octanol–water partition coefficient (Wildman–Crippen LogP) is 4.33. The summed E-state index contributed by atoms with van der Waals surface area (Å²) in [5.74, 6) is -0.173. The fraction of sp³-hybridized carbons (Fsp3) is 0.750. The summed E-state index contributed by atoms with van der Waals surface area (Å²) in [4.78, 5) is 11.9. The van der Waals surface area contributed by atoms with Gasteiger partial charge in [0, 0.05) is 35.3 Å². The highest BCUT2D eigenvalue weighted by molar-refractivity contribution is 5.85. The maximum absolute atomic E-state index is 12.5. The zero-order chi connectivity index (χ0) is 31.2. The summed E-state index contributed by atoms with van der Waals surface area (Å²) in [6.07, 6.45) is 6.74. The Morgan fingerprint density at radius 1 is 0.956 bits per heavy atom. The van der Waals surface area contributed by atoms with Crippen molar-refractivity contribution in [1.29, 1.82) is 0 Å². The Morgan fingerprint density at radius 3 is 2.51 bits per heavy atom. The lowest BCUT2D eigenvalue weighted by Gasteiger charge is -2.66. The van der Waals surface area contributed by atoms with Crippen LogP contribution in [0.4, 0.5) is 0 Å². The quantitative estimate of drug-likeness (QED) is 0.324. The summed E-state index contributed by atoms with van der Waals surface area (Å²) >= 11 is 0. The molecule has 8 rings (SSSR count). The lowest BCUT2D eigenvalue weighted by atomic mass is 9.41. The first kappa shape index (κ1) is 30.5. The van der Waals surface area contributed by atoms with Gasteiger partial charge in [-0.05, 0) is 81.6 Å². The number of carbonyl (C=O) groups excluding carboxylic acids is 1. The molecular formula is C36H48O9. The highest BCUT2D eigenvalue weighted by Crippen LogP contribution is 2.70. The SMILES string of the molecule is CC1OC(OC2CCC3(CO)C4CCC5(C)C(C6=CC(=O)OC6)CCC5(O)C4CCC3(O)C2)CC2OC(c3ccccc3)OC12. The second-order valence-electron chi connectivity index (χ2n) is 15.4. The third kappa shape index (κ3) is 4.48. The molecule has 13 unspecified atom stereocenters. The second kappa shape index (κ2) is 10.8. The number of rotatable bonds is 5. The van der Waals surface area contributed by atoms with Crippen molar-refractivity contribution in [2.75, 3.05) is 13.2 Å². The molecule has 4 aliphatic carbocycles. The van der Waals surface area contributed by atoms with Gasteiger partial charge >= 0.3 is 5.97 Å². The molecule has 1 aromatic carbocycles. The van der Waals surface area contributed by atoms with Gasteiger partial charge in [0.05, 0.1) is 36.1 Å². The Labute approximate surface area is 265 Å². The van der Waals surface area contributed by atoms with Gasteiger partial charge in [-0.25, -0.2) is 4.79 Å². The fourth-order valence-corrected chi connectivity index (χ4v) is 11.3. The molecular weight excluding hydrogens is 576 g/mol. The van der Waals surface area contributed by atoms with Gasteiger partial charge in [0.2, 0.25) is 0 Å². The van der Waals surface area contributed by atoms with Crippen molar-refractivity contribution in [2.45, 2.75) is 126 Å². The fourth-order valence-electron chi connectivity index (χ4n) is 11.3. The molecule has 3 N–H and O–H groups in total. The zero-order valence-corrected chi connectivity index (χ0v) is 26.4. The molecule has 45 heavy (non-hydrogen) atoms. The zero-order valence-electron chi connectivity index (χ0n) is 26.4. The van der Waals surface area contributed by atoms with E-state index < -0.39 is 29.2 Å². The van der Waals surface area contributed by atoms with Crippen LogP contribution >= 0.6 is 0 Å². The van der Waals surface area contributed by atoms with Gasteiger partial charge < -0.3 is 39.0 Å². The topological polar surface area (TPSA) is 124 Å².